The predicted molar refractivity (Wildman–Crippen MR) is 134 cm³/mol. The fraction of sp³-hybridized carbons (Fsp3) is 0.0769. The molecular formula is C26H21N5O6. The van der Waals surface area contributed by atoms with Gasteiger partial charge in [0.15, 0.2) is 5.92 Å². The van der Waals surface area contributed by atoms with E-state index in [0.29, 0.717) is 11.3 Å². The van der Waals surface area contributed by atoms with Crippen LogP contribution in [0.2, 0.25) is 0 Å². The molecule has 3 N–H and O–H groups in total. The molecule has 0 aromatic heterocycles. The minimum atomic E-state index is -1.46. The lowest BCUT2D eigenvalue weighted by atomic mass is 10.1. The zero-order valence-corrected chi connectivity index (χ0v) is 19.5. The molecule has 3 aromatic carbocycles. The van der Waals surface area contributed by atoms with Crippen molar-refractivity contribution in [1.29, 1.82) is 0 Å². The summed E-state index contributed by atoms with van der Waals surface area (Å²) < 4.78 is 5.20. The van der Waals surface area contributed by atoms with Gasteiger partial charge in [0.25, 0.3) is 17.7 Å². The minimum Gasteiger partial charge on any atom is -0.495 e. The molecule has 0 aliphatic carbocycles. The zero-order chi connectivity index (χ0) is 26.4. The highest BCUT2D eigenvalue weighted by Gasteiger charge is 2.41. The number of anilines is 2. The molecule has 0 saturated carbocycles. The van der Waals surface area contributed by atoms with Crippen molar-refractivity contribution in [3.63, 3.8) is 0 Å². The van der Waals surface area contributed by atoms with Crippen LogP contribution in [0.25, 0.3) is 0 Å². The van der Waals surface area contributed by atoms with Gasteiger partial charge in [-0.05, 0) is 48.5 Å². The van der Waals surface area contributed by atoms with E-state index < -0.39 is 29.7 Å². The van der Waals surface area contributed by atoms with E-state index in [0.717, 1.165) is 11.1 Å². The summed E-state index contributed by atoms with van der Waals surface area (Å²) in [4.78, 5) is 63.0. The monoisotopic (exact) mass is 499 g/mol. The molecule has 11 heteroatoms. The van der Waals surface area contributed by atoms with E-state index in [1.54, 1.807) is 60.7 Å². The maximum atomic E-state index is 12.9. The van der Waals surface area contributed by atoms with Crippen LogP contribution in [-0.2, 0) is 9.59 Å². The van der Waals surface area contributed by atoms with Crippen LogP contribution in [0.3, 0.4) is 0 Å². The number of urea groups is 1. The highest BCUT2D eigenvalue weighted by Crippen LogP contribution is 2.30. The summed E-state index contributed by atoms with van der Waals surface area (Å²) in [6.45, 7) is 0. The first-order chi connectivity index (χ1) is 17.9. The third-order valence-corrected chi connectivity index (χ3v) is 5.36. The SMILES string of the molecule is COc1ccccc1N1C(=O)NC(=O)[C@H](/C=N\NC(=O)c2ccc(NC(=O)c3ccccc3)cc2)C1=O. The smallest absolute Gasteiger partial charge is 0.335 e. The fourth-order valence-electron chi connectivity index (χ4n) is 3.50. The minimum absolute atomic E-state index is 0.155. The van der Waals surface area contributed by atoms with Crippen molar-refractivity contribution < 1.29 is 28.7 Å². The number of barbiturate groups is 1. The number of nitrogens with one attached hydrogen (secondary N) is 3. The molecule has 11 nitrogen and oxygen atoms in total. The topological polar surface area (TPSA) is 146 Å². The van der Waals surface area contributed by atoms with Gasteiger partial charge in [-0.15, -0.1) is 0 Å². The summed E-state index contributed by atoms with van der Waals surface area (Å²) in [5.74, 6) is -3.84. The normalized spacial score (nSPS) is 15.3. The molecule has 0 bridgehead atoms. The number of imide groups is 2. The van der Waals surface area contributed by atoms with Crippen molar-refractivity contribution in [2.24, 2.45) is 11.0 Å². The zero-order valence-electron chi connectivity index (χ0n) is 19.5. The van der Waals surface area contributed by atoms with E-state index >= 15 is 0 Å². The number of rotatable bonds is 7. The number of nitrogens with zero attached hydrogens (tertiary/aromatic N) is 2. The van der Waals surface area contributed by atoms with Crippen molar-refractivity contribution in [2.45, 2.75) is 0 Å². The lowest BCUT2D eigenvalue weighted by Crippen LogP contribution is -2.58. The maximum absolute atomic E-state index is 12.9. The Bertz CT molecular complexity index is 1390. The number of methoxy groups -OCH3 is 1. The standard InChI is InChI=1S/C26H21N5O6/c1-37-21-10-6-5-9-20(21)31-25(35)19(24(34)29-26(31)36)15-27-30-23(33)17-11-13-18(14-12-17)28-22(32)16-7-3-2-4-8-16/h2-15,19H,1H3,(H,28,32)(H,30,33)(H,29,34,36)/b27-15-/t19-/m0/s1. The molecule has 1 aliphatic heterocycles. The highest BCUT2D eigenvalue weighted by molar-refractivity contribution is 6.33. The average Bonchev–Trinajstić information content (AvgIpc) is 2.91. The lowest BCUT2D eigenvalue weighted by Gasteiger charge is -2.29. The molecule has 6 amide bonds. The van der Waals surface area contributed by atoms with Crippen LogP contribution in [0.15, 0.2) is 84.0 Å². The molecule has 0 unspecified atom stereocenters. The van der Waals surface area contributed by atoms with Gasteiger partial charge in [-0.3, -0.25) is 24.5 Å². The molecule has 37 heavy (non-hydrogen) atoms. The predicted octanol–water partition coefficient (Wildman–Crippen LogP) is 2.56. The number of hydrogen-bond donors (Lipinski definition) is 3. The highest BCUT2D eigenvalue weighted by atomic mass is 16.5. The summed E-state index contributed by atoms with van der Waals surface area (Å²) >= 11 is 0. The summed E-state index contributed by atoms with van der Waals surface area (Å²) in [6.07, 6.45) is 0.943. The molecule has 3 aromatic rings. The average molecular weight is 499 g/mol. The number of ether oxygens (including phenoxy) is 1. The Kier molecular flexibility index (Phi) is 7.34. The molecule has 186 valence electrons. The first-order valence-corrected chi connectivity index (χ1v) is 11.0. The Morgan fingerprint density at radius 3 is 2.24 bits per heavy atom. The number of hydrogen-bond acceptors (Lipinski definition) is 7. The summed E-state index contributed by atoms with van der Waals surface area (Å²) in [6, 6.07) is 20.1. The second-order valence-electron chi connectivity index (χ2n) is 7.73. The van der Waals surface area contributed by atoms with Gasteiger partial charge in [0.1, 0.15) is 5.75 Å². The maximum Gasteiger partial charge on any atom is 0.335 e. The van der Waals surface area contributed by atoms with Gasteiger partial charge in [-0.1, -0.05) is 30.3 Å². The molecule has 1 fully saturated rings. The van der Waals surface area contributed by atoms with E-state index in [9.17, 15) is 24.0 Å². The van der Waals surface area contributed by atoms with Crippen LogP contribution in [-0.4, -0.2) is 43.0 Å². The molecule has 1 atom stereocenters. The number of benzene rings is 3. The Morgan fingerprint density at radius 2 is 1.54 bits per heavy atom. The first-order valence-electron chi connectivity index (χ1n) is 11.0. The molecular weight excluding hydrogens is 478 g/mol. The summed E-state index contributed by atoms with van der Waals surface area (Å²) in [5.41, 5.74) is 3.60. The third-order valence-electron chi connectivity index (χ3n) is 5.36. The molecule has 1 heterocycles. The van der Waals surface area contributed by atoms with Crippen LogP contribution >= 0.6 is 0 Å². The summed E-state index contributed by atoms with van der Waals surface area (Å²) in [7, 11) is 1.38. The van der Waals surface area contributed by atoms with E-state index in [-0.39, 0.29) is 22.9 Å². The van der Waals surface area contributed by atoms with Gasteiger partial charge in [-0.25, -0.2) is 15.1 Å². The van der Waals surface area contributed by atoms with Crippen molar-refractivity contribution >= 4 is 47.2 Å². The second-order valence-corrected chi connectivity index (χ2v) is 7.73. The van der Waals surface area contributed by atoms with E-state index in [1.807, 2.05) is 0 Å². The van der Waals surface area contributed by atoms with Gasteiger partial charge >= 0.3 is 6.03 Å². The van der Waals surface area contributed by atoms with E-state index in [1.165, 1.54) is 25.3 Å². The fourth-order valence-corrected chi connectivity index (χ4v) is 3.50. The number of carbonyl (C=O) groups is 5. The molecule has 4 rings (SSSR count). The third kappa shape index (κ3) is 5.51. The van der Waals surface area contributed by atoms with Crippen molar-refractivity contribution in [3.05, 3.63) is 90.0 Å². The van der Waals surface area contributed by atoms with Gasteiger partial charge < -0.3 is 10.1 Å². The quantitative estimate of drug-likeness (QED) is 0.259. The lowest BCUT2D eigenvalue weighted by molar-refractivity contribution is -0.131. The first kappa shape index (κ1) is 24.8. The number of amides is 6. The van der Waals surface area contributed by atoms with Gasteiger partial charge in [-0.2, -0.15) is 5.10 Å². The van der Waals surface area contributed by atoms with E-state index in [2.05, 4.69) is 21.2 Å². The number of carbonyl (C=O) groups excluding carboxylic acids is 5. The number of hydrazone groups is 1. The summed E-state index contributed by atoms with van der Waals surface area (Å²) in [5, 5.41) is 8.56. The van der Waals surface area contributed by atoms with Gasteiger partial charge in [0.2, 0.25) is 5.91 Å². The molecule has 0 spiro atoms. The van der Waals surface area contributed by atoms with Crippen molar-refractivity contribution in [1.82, 2.24) is 10.7 Å². The van der Waals surface area contributed by atoms with Crippen LogP contribution in [0.1, 0.15) is 20.7 Å². The second kappa shape index (κ2) is 11.0. The van der Waals surface area contributed by atoms with Crippen LogP contribution in [0.5, 0.6) is 5.75 Å². The van der Waals surface area contributed by atoms with Gasteiger partial charge in [0, 0.05) is 23.0 Å². The van der Waals surface area contributed by atoms with Crippen LogP contribution in [0.4, 0.5) is 16.2 Å². The Morgan fingerprint density at radius 1 is 0.892 bits per heavy atom. The largest absolute Gasteiger partial charge is 0.495 e. The van der Waals surface area contributed by atoms with Crippen LogP contribution in [0, 0.1) is 5.92 Å². The van der Waals surface area contributed by atoms with Gasteiger partial charge in [0.05, 0.1) is 12.8 Å². The van der Waals surface area contributed by atoms with Crippen molar-refractivity contribution in [2.75, 3.05) is 17.3 Å². The number of para-hydroxylation sites is 2. The Labute approximate surface area is 211 Å². The molecule has 0 radical (unpaired) electrons. The molecule has 1 saturated heterocycles. The molecule has 1 aliphatic rings. The van der Waals surface area contributed by atoms with Crippen LogP contribution < -0.4 is 25.7 Å². The van der Waals surface area contributed by atoms with Crippen molar-refractivity contribution in [3.8, 4) is 5.75 Å². The van der Waals surface area contributed by atoms with E-state index in [4.69, 9.17) is 4.74 Å². The Hall–Kier alpha value is -5.32. The Balaban J connectivity index is 1.40.